The molecule has 2 aromatic rings. The summed E-state index contributed by atoms with van der Waals surface area (Å²) < 4.78 is 34.3. The number of thiophene rings is 1. The zero-order valence-electron chi connectivity index (χ0n) is 16.1. The van der Waals surface area contributed by atoms with Gasteiger partial charge in [-0.1, -0.05) is 15.9 Å². The lowest BCUT2D eigenvalue weighted by molar-refractivity contribution is -0.127. The van der Waals surface area contributed by atoms with Gasteiger partial charge in [-0.3, -0.25) is 4.79 Å². The molecule has 4 rings (SSSR count). The Kier molecular flexibility index (Phi) is 6.02. The maximum atomic E-state index is 13.0. The molecule has 156 valence electrons. The van der Waals surface area contributed by atoms with Crippen LogP contribution in [0.15, 0.2) is 39.0 Å². The van der Waals surface area contributed by atoms with Gasteiger partial charge in [0.1, 0.15) is 9.96 Å². The Morgan fingerprint density at radius 2 is 2.10 bits per heavy atom. The van der Waals surface area contributed by atoms with Gasteiger partial charge in [-0.05, 0) is 50.1 Å². The van der Waals surface area contributed by atoms with E-state index in [1.165, 1.54) is 15.6 Å². The summed E-state index contributed by atoms with van der Waals surface area (Å²) in [6.07, 6.45) is 2.06. The van der Waals surface area contributed by atoms with Crippen LogP contribution in [0.3, 0.4) is 0 Å². The fraction of sp³-hybridized carbons (Fsp3) is 0.450. The summed E-state index contributed by atoms with van der Waals surface area (Å²) in [4.78, 5) is 13.9. The first-order valence-electron chi connectivity index (χ1n) is 9.64. The molecule has 0 bridgehead atoms. The molecule has 1 aromatic carbocycles. The minimum absolute atomic E-state index is 0.0925. The number of piperidine rings is 1. The molecule has 0 spiro atoms. The molecule has 29 heavy (non-hydrogen) atoms. The van der Waals surface area contributed by atoms with Crippen LogP contribution in [0.25, 0.3) is 0 Å². The molecule has 1 amide bonds. The van der Waals surface area contributed by atoms with Crippen molar-refractivity contribution in [3.63, 3.8) is 0 Å². The van der Waals surface area contributed by atoms with E-state index in [0.29, 0.717) is 36.6 Å². The number of sulfonamides is 1. The van der Waals surface area contributed by atoms with Crippen molar-refractivity contribution in [3.8, 4) is 5.75 Å². The van der Waals surface area contributed by atoms with Crippen molar-refractivity contribution in [1.29, 1.82) is 0 Å². The number of halogens is 1. The minimum Gasteiger partial charge on any atom is -0.493 e. The average molecular weight is 499 g/mol. The monoisotopic (exact) mass is 498 g/mol. The Hall–Kier alpha value is -1.42. The Labute approximate surface area is 183 Å². The minimum atomic E-state index is -3.55. The quantitative estimate of drug-likeness (QED) is 0.694. The van der Waals surface area contributed by atoms with Crippen LogP contribution < -0.4 is 10.1 Å². The topological polar surface area (TPSA) is 75.7 Å². The van der Waals surface area contributed by atoms with E-state index in [1.54, 1.807) is 6.07 Å². The van der Waals surface area contributed by atoms with Gasteiger partial charge >= 0.3 is 0 Å². The van der Waals surface area contributed by atoms with E-state index in [9.17, 15) is 13.2 Å². The molecule has 6 nitrogen and oxygen atoms in total. The second-order valence-corrected chi connectivity index (χ2v) is 11.8. The zero-order valence-corrected chi connectivity index (χ0v) is 19.3. The van der Waals surface area contributed by atoms with Crippen molar-refractivity contribution in [3.05, 3.63) is 45.2 Å². The summed E-state index contributed by atoms with van der Waals surface area (Å²) in [6.45, 7) is 3.11. The van der Waals surface area contributed by atoms with Crippen LogP contribution in [-0.4, -0.2) is 38.3 Å². The zero-order chi connectivity index (χ0) is 20.6. The second-order valence-electron chi connectivity index (χ2n) is 7.45. The van der Waals surface area contributed by atoms with Crippen LogP contribution in [0.4, 0.5) is 0 Å². The molecule has 2 unspecified atom stereocenters. The third-order valence-corrected chi connectivity index (χ3v) is 9.22. The summed E-state index contributed by atoms with van der Waals surface area (Å²) in [5, 5.41) is 3.13. The van der Waals surface area contributed by atoms with E-state index < -0.39 is 10.0 Å². The highest BCUT2D eigenvalue weighted by molar-refractivity contribution is 9.10. The van der Waals surface area contributed by atoms with Crippen LogP contribution in [0, 0.1) is 12.8 Å². The van der Waals surface area contributed by atoms with Crippen molar-refractivity contribution in [2.75, 3.05) is 19.7 Å². The highest BCUT2D eigenvalue weighted by Gasteiger charge is 2.35. The molecule has 1 aromatic heterocycles. The smallest absolute Gasteiger partial charge is 0.252 e. The molecule has 0 saturated carbocycles. The van der Waals surface area contributed by atoms with Gasteiger partial charge in [0.15, 0.2) is 0 Å². The molecular weight excluding hydrogens is 476 g/mol. The molecule has 1 fully saturated rings. The third-order valence-electron chi connectivity index (χ3n) is 5.39. The Morgan fingerprint density at radius 1 is 1.28 bits per heavy atom. The molecular formula is C20H23BrN2O4S2. The normalized spacial score (nSPS) is 22.6. The number of hydrogen-bond acceptors (Lipinski definition) is 5. The molecule has 2 aliphatic heterocycles. The summed E-state index contributed by atoms with van der Waals surface area (Å²) in [6, 6.07) is 9.11. The third kappa shape index (κ3) is 4.38. The van der Waals surface area contributed by atoms with Crippen molar-refractivity contribution in [2.24, 2.45) is 5.92 Å². The standard InChI is InChI=1S/C20H23BrN2O4S2/c1-13-4-7-19(28-13)29(25,26)23-9-2-3-14(12-23)20(24)22-17-8-10-27-18-6-5-15(21)11-16(17)18/h4-7,11,14,17H,2-3,8-10,12H2,1H3,(H,22,24). The Bertz CT molecular complexity index is 1020. The van der Waals surface area contributed by atoms with Gasteiger partial charge in [0.2, 0.25) is 5.91 Å². The van der Waals surface area contributed by atoms with Gasteiger partial charge in [-0.15, -0.1) is 11.3 Å². The lowest BCUT2D eigenvalue weighted by Crippen LogP contribution is -2.46. The molecule has 9 heteroatoms. The van der Waals surface area contributed by atoms with Crippen molar-refractivity contribution < 1.29 is 17.9 Å². The number of carbonyl (C=O) groups is 1. The number of carbonyl (C=O) groups excluding carboxylic acids is 1. The van der Waals surface area contributed by atoms with Crippen LogP contribution in [-0.2, 0) is 14.8 Å². The maximum absolute atomic E-state index is 13.0. The number of nitrogens with zero attached hydrogens (tertiary/aromatic N) is 1. The summed E-state index contributed by atoms with van der Waals surface area (Å²) in [7, 11) is -3.55. The molecule has 0 aliphatic carbocycles. The molecule has 0 radical (unpaired) electrons. The number of hydrogen-bond donors (Lipinski definition) is 1. The molecule has 1 saturated heterocycles. The molecule has 2 atom stereocenters. The summed E-state index contributed by atoms with van der Waals surface area (Å²) >= 11 is 4.75. The van der Waals surface area contributed by atoms with Gasteiger partial charge in [0.05, 0.1) is 18.6 Å². The lowest BCUT2D eigenvalue weighted by atomic mass is 9.96. The van der Waals surface area contributed by atoms with Crippen molar-refractivity contribution in [2.45, 2.75) is 36.4 Å². The van der Waals surface area contributed by atoms with E-state index in [4.69, 9.17) is 4.74 Å². The number of ether oxygens (including phenoxy) is 1. The Balaban J connectivity index is 1.47. The highest BCUT2D eigenvalue weighted by Crippen LogP contribution is 2.35. The number of rotatable bonds is 4. The largest absolute Gasteiger partial charge is 0.493 e. The number of amides is 1. The van der Waals surface area contributed by atoms with E-state index >= 15 is 0 Å². The second kappa shape index (κ2) is 8.37. The van der Waals surface area contributed by atoms with Crippen LogP contribution in [0.2, 0.25) is 0 Å². The molecule has 3 heterocycles. The highest BCUT2D eigenvalue weighted by atomic mass is 79.9. The predicted molar refractivity (Wildman–Crippen MR) is 116 cm³/mol. The molecule has 2 aliphatic rings. The number of aryl methyl sites for hydroxylation is 1. The van der Waals surface area contributed by atoms with E-state index in [-0.39, 0.29) is 24.4 Å². The van der Waals surface area contributed by atoms with E-state index in [1.807, 2.05) is 31.2 Å². The van der Waals surface area contributed by atoms with Gasteiger partial charge in [-0.2, -0.15) is 4.31 Å². The Morgan fingerprint density at radius 3 is 2.86 bits per heavy atom. The SMILES string of the molecule is Cc1ccc(S(=O)(=O)N2CCCC(C(=O)NC3CCOc4ccc(Br)cc43)C2)s1. The van der Waals surface area contributed by atoms with Gasteiger partial charge in [-0.25, -0.2) is 8.42 Å². The summed E-state index contributed by atoms with van der Waals surface area (Å²) in [5.74, 6) is 0.341. The van der Waals surface area contributed by atoms with Gasteiger partial charge < -0.3 is 10.1 Å². The van der Waals surface area contributed by atoms with Crippen LogP contribution in [0.1, 0.15) is 35.7 Å². The maximum Gasteiger partial charge on any atom is 0.252 e. The first-order chi connectivity index (χ1) is 13.8. The van der Waals surface area contributed by atoms with Gasteiger partial charge in [0, 0.05) is 34.4 Å². The summed E-state index contributed by atoms with van der Waals surface area (Å²) in [5.41, 5.74) is 0.952. The number of nitrogens with one attached hydrogen (secondary N) is 1. The van der Waals surface area contributed by atoms with Crippen LogP contribution >= 0.6 is 27.3 Å². The van der Waals surface area contributed by atoms with Gasteiger partial charge in [0.25, 0.3) is 10.0 Å². The van der Waals surface area contributed by atoms with E-state index in [0.717, 1.165) is 20.7 Å². The fourth-order valence-electron chi connectivity index (χ4n) is 3.86. The first-order valence-corrected chi connectivity index (χ1v) is 12.7. The number of benzene rings is 1. The fourth-order valence-corrected chi connectivity index (χ4v) is 7.20. The van der Waals surface area contributed by atoms with Crippen LogP contribution in [0.5, 0.6) is 5.75 Å². The van der Waals surface area contributed by atoms with E-state index in [2.05, 4.69) is 21.2 Å². The average Bonchev–Trinajstić information content (AvgIpc) is 3.16. The number of fused-ring (bicyclic) bond motifs is 1. The lowest BCUT2D eigenvalue weighted by Gasteiger charge is -2.33. The predicted octanol–water partition coefficient (Wildman–Crippen LogP) is 3.86. The van der Waals surface area contributed by atoms with Crippen molar-refractivity contribution in [1.82, 2.24) is 9.62 Å². The van der Waals surface area contributed by atoms with Crippen molar-refractivity contribution >= 4 is 43.2 Å². The first kappa shape index (κ1) is 20.8. The molecule has 1 N–H and O–H groups in total.